The maximum Gasteiger partial charge on any atom is 0.251 e. The van der Waals surface area contributed by atoms with Gasteiger partial charge >= 0.3 is 0 Å². The van der Waals surface area contributed by atoms with Crippen molar-refractivity contribution in [3.8, 4) is 11.5 Å². The van der Waals surface area contributed by atoms with Crippen LogP contribution in [0.4, 0.5) is 0 Å². The number of hydrogen-bond acceptors (Lipinski definition) is 4. The SMILES string of the molecule is COc1cc(C(=O)NCC(=O)N2CCCC2)cc(Cl)c1OC. The fourth-order valence-corrected chi connectivity index (χ4v) is 2.67. The van der Waals surface area contributed by atoms with Crippen molar-refractivity contribution in [3.05, 3.63) is 22.7 Å². The fraction of sp³-hybridized carbons (Fsp3) is 0.467. The highest BCUT2D eigenvalue weighted by Crippen LogP contribution is 2.35. The molecule has 2 rings (SSSR count). The summed E-state index contributed by atoms with van der Waals surface area (Å²) in [4.78, 5) is 25.8. The average molecular weight is 327 g/mol. The Kier molecular flexibility index (Phi) is 5.49. The lowest BCUT2D eigenvalue weighted by molar-refractivity contribution is -0.129. The number of benzene rings is 1. The van der Waals surface area contributed by atoms with Crippen LogP contribution in [0, 0.1) is 0 Å². The molecule has 0 aromatic heterocycles. The molecule has 7 heteroatoms. The van der Waals surface area contributed by atoms with Gasteiger partial charge in [-0.2, -0.15) is 0 Å². The number of amides is 2. The van der Waals surface area contributed by atoms with E-state index in [2.05, 4.69) is 5.32 Å². The number of rotatable bonds is 5. The van der Waals surface area contributed by atoms with E-state index >= 15 is 0 Å². The van der Waals surface area contributed by atoms with E-state index in [0.29, 0.717) is 17.1 Å². The topological polar surface area (TPSA) is 67.9 Å². The molecule has 1 fully saturated rings. The number of likely N-dealkylation sites (tertiary alicyclic amines) is 1. The summed E-state index contributed by atoms with van der Waals surface area (Å²) < 4.78 is 10.3. The molecule has 1 saturated heterocycles. The summed E-state index contributed by atoms with van der Waals surface area (Å²) in [6.45, 7) is 1.50. The Morgan fingerprint density at radius 3 is 2.50 bits per heavy atom. The molecule has 1 N–H and O–H groups in total. The van der Waals surface area contributed by atoms with Crippen LogP contribution in [0.3, 0.4) is 0 Å². The van der Waals surface area contributed by atoms with Crippen molar-refractivity contribution in [1.82, 2.24) is 10.2 Å². The van der Waals surface area contributed by atoms with Crippen LogP contribution in [0.1, 0.15) is 23.2 Å². The summed E-state index contributed by atoms with van der Waals surface area (Å²) >= 11 is 6.06. The molecule has 1 aliphatic heterocycles. The maximum absolute atomic E-state index is 12.1. The Morgan fingerprint density at radius 1 is 1.23 bits per heavy atom. The molecule has 0 unspecified atom stereocenters. The van der Waals surface area contributed by atoms with Gasteiger partial charge in [0.2, 0.25) is 5.91 Å². The van der Waals surface area contributed by atoms with Crippen LogP contribution in [-0.4, -0.2) is 50.6 Å². The lowest BCUT2D eigenvalue weighted by atomic mass is 10.2. The first-order valence-corrected chi connectivity index (χ1v) is 7.42. The average Bonchev–Trinajstić information content (AvgIpc) is 3.05. The molecule has 0 radical (unpaired) electrons. The molecular weight excluding hydrogens is 308 g/mol. The molecule has 0 aliphatic carbocycles. The molecule has 22 heavy (non-hydrogen) atoms. The zero-order valence-corrected chi connectivity index (χ0v) is 13.4. The Labute approximate surface area is 134 Å². The summed E-state index contributed by atoms with van der Waals surface area (Å²) in [7, 11) is 2.94. The molecule has 0 spiro atoms. The van der Waals surface area contributed by atoms with Crippen molar-refractivity contribution >= 4 is 23.4 Å². The fourth-order valence-electron chi connectivity index (χ4n) is 2.39. The van der Waals surface area contributed by atoms with Gasteiger partial charge in [-0.25, -0.2) is 0 Å². The number of ether oxygens (including phenoxy) is 2. The Bertz CT molecular complexity index is 571. The first kappa shape index (κ1) is 16.4. The second kappa shape index (κ2) is 7.35. The van der Waals surface area contributed by atoms with Gasteiger partial charge < -0.3 is 19.7 Å². The molecule has 1 aromatic carbocycles. The van der Waals surface area contributed by atoms with E-state index in [9.17, 15) is 9.59 Å². The van der Waals surface area contributed by atoms with E-state index in [1.54, 1.807) is 4.90 Å². The predicted molar refractivity (Wildman–Crippen MR) is 82.7 cm³/mol. The van der Waals surface area contributed by atoms with Gasteiger partial charge in [-0.05, 0) is 25.0 Å². The number of methoxy groups -OCH3 is 2. The minimum absolute atomic E-state index is 0.0230. The van der Waals surface area contributed by atoms with Gasteiger partial charge in [0, 0.05) is 18.7 Å². The molecule has 120 valence electrons. The Morgan fingerprint density at radius 2 is 1.91 bits per heavy atom. The molecule has 1 aromatic rings. The van der Waals surface area contributed by atoms with Crippen molar-refractivity contribution in [1.29, 1.82) is 0 Å². The summed E-state index contributed by atoms with van der Waals surface area (Å²) in [6.07, 6.45) is 2.04. The lowest BCUT2D eigenvalue weighted by Gasteiger charge is -2.16. The van der Waals surface area contributed by atoms with Crippen molar-refractivity contribution < 1.29 is 19.1 Å². The summed E-state index contributed by atoms with van der Waals surface area (Å²) in [5, 5.41) is 2.88. The van der Waals surface area contributed by atoms with Gasteiger partial charge in [-0.3, -0.25) is 9.59 Å². The van der Waals surface area contributed by atoms with Crippen LogP contribution in [-0.2, 0) is 4.79 Å². The molecule has 6 nitrogen and oxygen atoms in total. The second-order valence-electron chi connectivity index (χ2n) is 4.96. The quantitative estimate of drug-likeness (QED) is 0.894. The maximum atomic E-state index is 12.1. The number of carbonyl (C=O) groups excluding carboxylic acids is 2. The standard InChI is InChI=1S/C15H19ClN2O4/c1-21-12-8-10(7-11(16)14(12)22-2)15(20)17-9-13(19)18-5-3-4-6-18/h7-8H,3-6,9H2,1-2H3,(H,17,20). The summed E-state index contributed by atoms with van der Waals surface area (Å²) in [5.41, 5.74) is 0.317. The highest BCUT2D eigenvalue weighted by molar-refractivity contribution is 6.32. The first-order valence-electron chi connectivity index (χ1n) is 7.04. The van der Waals surface area contributed by atoms with Gasteiger partial charge in [0.1, 0.15) is 0 Å². The second-order valence-corrected chi connectivity index (χ2v) is 5.37. The van der Waals surface area contributed by atoms with Gasteiger partial charge in [0.15, 0.2) is 11.5 Å². The summed E-state index contributed by atoms with van der Waals surface area (Å²) in [6, 6.07) is 3.01. The Balaban J connectivity index is 2.03. The van der Waals surface area contributed by atoms with Crippen LogP contribution in [0.15, 0.2) is 12.1 Å². The van der Waals surface area contributed by atoms with Gasteiger partial charge in [0.25, 0.3) is 5.91 Å². The lowest BCUT2D eigenvalue weighted by Crippen LogP contribution is -2.38. The van der Waals surface area contributed by atoms with Crippen LogP contribution >= 0.6 is 11.6 Å². The number of nitrogens with zero attached hydrogens (tertiary/aromatic N) is 1. The molecule has 1 heterocycles. The third-order valence-corrected chi connectivity index (χ3v) is 3.84. The number of hydrogen-bond donors (Lipinski definition) is 1. The molecule has 0 atom stereocenters. The first-order chi connectivity index (χ1) is 10.6. The van der Waals surface area contributed by atoms with E-state index in [1.165, 1.54) is 26.4 Å². The molecule has 0 saturated carbocycles. The minimum atomic E-state index is -0.379. The number of carbonyl (C=O) groups is 2. The van der Waals surface area contributed by atoms with Crippen molar-refractivity contribution in [3.63, 3.8) is 0 Å². The number of halogens is 1. The van der Waals surface area contributed by atoms with E-state index in [4.69, 9.17) is 21.1 Å². The zero-order valence-electron chi connectivity index (χ0n) is 12.6. The molecule has 1 aliphatic rings. The van der Waals surface area contributed by atoms with Crippen LogP contribution in [0.2, 0.25) is 5.02 Å². The molecular formula is C15H19ClN2O4. The highest BCUT2D eigenvalue weighted by atomic mass is 35.5. The van der Waals surface area contributed by atoms with Crippen LogP contribution < -0.4 is 14.8 Å². The molecule has 2 amide bonds. The van der Waals surface area contributed by atoms with Gasteiger partial charge in [0.05, 0.1) is 25.8 Å². The van der Waals surface area contributed by atoms with E-state index in [0.717, 1.165) is 25.9 Å². The number of nitrogens with one attached hydrogen (secondary N) is 1. The third kappa shape index (κ3) is 3.62. The Hall–Kier alpha value is -1.95. The van der Waals surface area contributed by atoms with Crippen molar-refractivity contribution in [2.75, 3.05) is 33.9 Å². The van der Waals surface area contributed by atoms with Crippen molar-refractivity contribution in [2.45, 2.75) is 12.8 Å². The van der Waals surface area contributed by atoms with E-state index in [1.807, 2.05) is 0 Å². The third-order valence-electron chi connectivity index (χ3n) is 3.55. The summed E-state index contributed by atoms with van der Waals surface area (Å²) in [5.74, 6) is 0.285. The van der Waals surface area contributed by atoms with Crippen LogP contribution in [0.5, 0.6) is 11.5 Å². The normalized spacial score (nSPS) is 13.9. The highest BCUT2D eigenvalue weighted by Gasteiger charge is 2.19. The van der Waals surface area contributed by atoms with E-state index in [-0.39, 0.29) is 23.4 Å². The smallest absolute Gasteiger partial charge is 0.251 e. The monoisotopic (exact) mass is 326 g/mol. The minimum Gasteiger partial charge on any atom is -0.493 e. The van der Waals surface area contributed by atoms with Gasteiger partial charge in [-0.1, -0.05) is 11.6 Å². The largest absolute Gasteiger partial charge is 0.493 e. The predicted octanol–water partition coefficient (Wildman–Crippen LogP) is 1.71. The molecule has 0 bridgehead atoms. The van der Waals surface area contributed by atoms with Gasteiger partial charge in [-0.15, -0.1) is 0 Å². The van der Waals surface area contributed by atoms with E-state index < -0.39 is 0 Å². The van der Waals surface area contributed by atoms with Crippen molar-refractivity contribution in [2.24, 2.45) is 0 Å². The van der Waals surface area contributed by atoms with Crippen LogP contribution in [0.25, 0.3) is 0 Å². The zero-order chi connectivity index (χ0) is 16.1.